The van der Waals surface area contributed by atoms with Crippen molar-refractivity contribution in [2.45, 2.75) is 39.2 Å². The quantitative estimate of drug-likeness (QED) is 0.904. The number of rotatable bonds is 3. The van der Waals surface area contributed by atoms with E-state index in [-0.39, 0.29) is 24.4 Å². The van der Waals surface area contributed by atoms with Gasteiger partial charge in [-0.1, -0.05) is 12.1 Å². The highest BCUT2D eigenvalue weighted by Gasteiger charge is 2.37. The molecule has 1 N–H and O–H groups in total. The lowest BCUT2D eigenvalue weighted by Crippen LogP contribution is -2.39. The van der Waals surface area contributed by atoms with E-state index < -0.39 is 7.04 Å². The van der Waals surface area contributed by atoms with Crippen LogP contribution in [0.25, 0.3) is 0 Å². The number of carbonyl (C=O) groups is 1. The molecule has 134 valence electrons. The van der Waals surface area contributed by atoms with Gasteiger partial charge in [-0.3, -0.25) is 4.79 Å². The molecular formula is C19H29ClN2O2. The van der Waals surface area contributed by atoms with Crippen LogP contribution < -0.4 is 10.1 Å². The average molecular weight is 356 g/mol. The summed E-state index contributed by atoms with van der Waals surface area (Å²) in [6.45, 7) is 6.22. The van der Waals surface area contributed by atoms with Crippen LogP contribution in [0.15, 0.2) is 18.2 Å². The van der Waals surface area contributed by atoms with E-state index in [1.54, 1.807) is 13.0 Å². The molecule has 2 aliphatic heterocycles. The van der Waals surface area contributed by atoms with Crippen molar-refractivity contribution in [2.75, 3.05) is 26.7 Å². The van der Waals surface area contributed by atoms with Crippen LogP contribution >= 0.6 is 12.4 Å². The molecule has 1 aromatic carbocycles. The second-order valence-corrected chi connectivity index (χ2v) is 6.80. The first-order chi connectivity index (χ1) is 12.3. The van der Waals surface area contributed by atoms with Gasteiger partial charge < -0.3 is 15.0 Å². The largest absolute Gasteiger partial charge is 0.496 e. The molecule has 2 fully saturated rings. The van der Waals surface area contributed by atoms with Gasteiger partial charge in [-0.15, -0.1) is 12.4 Å². The van der Waals surface area contributed by atoms with Gasteiger partial charge in [0.1, 0.15) is 5.75 Å². The molecule has 2 aliphatic rings. The van der Waals surface area contributed by atoms with E-state index in [2.05, 4.69) is 11.4 Å². The second kappa shape index (κ2) is 8.21. The molecule has 2 heterocycles. The van der Waals surface area contributed by atoms with Crippen LogP contribution in [-0.2, 0) is 4.79 Å². The van der Waals surface area contributed by atoms with Crippen molar-refractivity contribution in [3.8, 4) is 5.75 Å². The SMILES string of the molecule is Cl.[2H]C([2H])([2H])Oc1cccc([C@H]2NCCC2C2CCN(C(C)=O)CC2)c1C. The normalized spacial score (nSPS) is 26.9. The summed E-state index contributed by atoms with van der Waals surface area (Å²) >= 11 is 0. The fourth-order valence-electron chi connectivity index (χ4n) is 4.29. The second-order valence-electron chi connectivity index (χ2n) is 6.80. The lowest BCUT2D eigenvalue weighted by molar-refractivity contribution is -0.130. The van der Waals surface area contributed by atoms with Gasteiger partial charge >= 0.3 is 0 Å². The summed E-state index contributed by atoms with van der Waals surface area (Å²) < 4.78 is 27.3. The first kappa shape index (κ1) is 15.0. The number of likely N-dealkylation sites (tertiary alicyclic amines) is 1. The minimum atomic E-state index is -2.44. The van der Waals surface area contributed by atoms with Gasteiger partial charge in [0.05, 0.1) is 11.2 Å². The summed E-state index contributed by atoms with van der Waals surface area (Å²) in [5.74, 6) is 1.68. The number of hydrogen-bond donors (Lipinski definition) is 1. The molecule has 5 heteroatoms. The fraction of sp³-hybridized carbons (Fsp3) is 0.632. The maximum absolute atomic E-state index is 11.6. The number of piperidine rings is 1. The molecule has 0 spiro atoms. The standard InChI is InChI=1S/C19H28N2O2.ClH/c1-13-16(5-4-6-18(13)23-3)19-17(7-10-20-19)15-8-11-21(12-9-15)14(2)22;/h4-6,15,17,19-20H,7-12H2,1-3H3;1H/t17?,19-;/m1./s1/i3D3;. The predicted molar refractivity (Wildman–Crippen MR) is 98.8 cm³/mol. The topological polar surface area (TPSA) is 41.6 Å². The lowest BCUT2D eigenvalue weighted by Gasteiger charge is -2.36. The van der Waals surface area contributed by atoms with Crippen molar-refractivity contribution < 1.29 is 13.6 Å². The summed E-state index contributed by atoms with van der Waals surface area (Å²) in [5, 5.41) is 3.61. The van der Waals surface area contributed by atoms with Gasteiger partial charge in [-0.2, -0.15) is 0 Å². The van der Waals surface area contributed by atoms with Crippen molar-refractivity contribution in [1.29, 1.82) is 0 Å². The molecule has 2 saturated heterocycles. The molecule has 1 aromatic rings. The number of carbonyl (C=O) groups excluding carboxylic acids is 1. The lowest BCUT2D eigenvalue weighted by atomic mass is 9.77. The zero-order chi connectivity index (χ0) is 18.9. The van der Waals surface area contributed by atoms with Crippen LogP contribution in [0.4, 0.5) is 0 Å². The highest BCUT2D eigenvalue weighted by Crippen LogP contribution is 2.41. The number of nitrogens with zero attached hydrogens (tertiary/aromatic N) is 1. The Labute approximate surface area is 155 Å². The Morgan fingerprint density at radius 2 is 2.08 bits per heavy atom. The smallest absolute Gasteiger partial charge is 0.219 e. The molecule has 0 radical (unpaired) electrons. The Bertz CT molecular complexity index is 661. The summed E-state index contributed by atoms with van der Waals surface area (Å²) in [6.07, 6.45) is 3.18. The van der Waals surface area contributed by atoms with Crippen LogP contribution in [0.5, 0.6) is 5.75 Å². The molecule has 3 rings (SSSR count). The third-order valence-corrected chi connectivity index (χ3v) is 5.63. The monoisotopic (exact) mass is 355 g/mol. The van der Waals surface area contributed by atoms with Gasteiger partial charge in [-0.05, 0) is 61.8 Å². The number of nitrogens with one attached hydrogen (secondary N) is 1. The van der Waals surface area contributed by atoms with Crippen LogP contribution in [0.1, 0.15) is 47.5 Å². The molecule has 0 bridgehead atoms. The van der Waals surface area contributed by atoms with Crippen molar-refractivity contribution >= 4 is 18.3 Å². The molecule has 0 aromatic heterocycles. The number of benzene rings is 1. The predicted octanol–water partition coefficient (Wildman–Crippen LogP) is 3.33. The van der Waals surface area contributed by atoms with Crippen LogP contribution in [0, 0.1) is 18.8 Å². The van der Waals surface area contributed by atoms with Crippen molar-refractivity contribution in [3.05, 3.63) is 29.3 Å². The Kier molecular flexibility index (Phi) is 5.14. The molecule has 2 atom stereocenters. The Morgan fingerprint density at radius 3 is 2.75 bits per heavy atom. The first-order valence-corrected chi connectivity index (χ1v) is 8.53. The number of hydrogen-bond acceptors (Lipinski definition) is 3. The molecule has 4 nitrogen and oxygen atoms in total. The highest BCUT2D eigenvalue weighted by atomic mass is 35.5. The number of ether oxygens (including phenoxy) is 1. The Hall–Kier alpha value is -1.26. The van der Waals surface area contributed by atoms with E-state index in [0.29, 0.717) is 17.6 Å². The third-order valence-electron chi connectivity index (χ3n) is 5.63. The summed E-state index contributed by atoms with van der Waals surface area (Å²) in [6, 6.07) is 5.88. The van der Waals surface area contributed by atoms with E-state index in [1.807, 2.05) is 17.9 Å². The third kappa shape index (κ3) is 3.70. The molecule has 0 saturated carbocycles. The maximum Gasteiger partial charge on any atom is 0.219 e. The number of amides is 1. The van der Waals surface area contributed by atoms with Crippen molar-refractivity contribution in [3.63, 3.8) is 0 Å². The number of methoxy groups -OCH3 is 1. The van der Waals surface area contributed by atoms with Crippen LogP contribution in [-0.4, -0.2) is 37.5 Å². The van der Waals surface area contributed by atoms with Crippen LogP contribution in [0.2, 0.25) is 0 Å². The summed E-state index contributed by atoms with van der Waals surface area (Å²) in [4.78, 5) is 13.5. The zero-order valence-corrected chi connectivity index (χ0v) is 15.2. The van der Waals surface area contributed by atoms with Crippen LogP contribution in [0.3, 0.4) is 0 Å². The maximum atomic E-state index is 11.6. The van der Waals surface area contributed by atoms with Crippen molar-refractivity contribution in [2.24, 2.45) is 11.8 Å². The van der Waals surface area contributed by atoms with Gasteiger partial charge in [0.2, 0.25) is 5.91 Å². The van der Waals surface area contributed by atoms with Gasteiger partial charge in [0.25, 0.3) is 0 Å². The fourth-order valence-corrected chi connectivity index (χ4v) is 4.29. The van der Waals surface area contributed by atoms with Crippen molar-refractivity contribution in [1.82, 2.24) is 10.2 Å². The Balaban J connectivity index is 0.00000261. The average Bonchev–Trinajstić information content (AvgIpc) is 3.05. The molecule has 0 aliphatic carbocycles. The van der Waals surface area contributed by atoms with E-state index in [9.17, 15) is 4.79 Å². The van der Waals surface area contributed by atoms with E-state index in [1.165, 1.54) is 0 Å². The number of halogens is 1. The summed E-state index contributed by atoms with van der Waals surface area (Å²) in [7, 11) is -2.44. The zero-order valence-electron chi connectivity index (χ0n) is 17.4. The minimum Gasteiger partial charge on any atom is -0.496 e. The van der Waals surface area contributed by atoms with E-state index >= 15 is 0 Å². The highest BCUT2D eigenvalue weighted by molar-refractivity contribution is 5.85. The molecule has 24 heavy (non-hydrogen) atoms. The first-order valence-electron chi connectivity index (χ1n) is 10.0. The van der Waals surface area contributed by atoms with E-state index in [4.69, 9.17) is 8.85 Å². The molecule has 1 amide bonds. The van der Waals surface area contributed by atoms with Gasteiger partial charge in [-0.25, -0.2) is 0 Å². The van der Waals surface area contributed by atoms with Gasteiger partial charge in [0.15, 0.2) is 0 Å². The van der Waals surface area contributed by atoms with E-state index in [0.717, 1.165) is 50.0 Å². The summed E-state index contributed by atoms with van der Waals surface area (Å²) in [5.41, 5.74) is 2.03. The Morgan fingerprint density at radius 1 is 1.33 bits per heavy atom. The minimum absolute atomic E-state index is 0. The molecular weight excluding hydrogens is 324 g/mol. The van der Waals surface area contributed by atoms with Gasteiger partial charge in [0, 0.05) is 26.1 Å². The molecule has 1 unspecified atom stereocenters.